The first-order valence-electron chi connectivity index (χ1n) is 5.26. The van der Waals surface area contributed by atoms with Crippen LogP contribution in [0.3, 0.4) is 0 Å². The monoisotopic (exact) mass is 251 g/mol. The highest BCUT2D eigenvalue weighted by molar-refractivity contribution is 6.32. The van der Waals surface area contributed by atoms with E-state index in [0.29, 0.717) is 29.2 Å². The molecule has 4 nitrogen and oxygen atoms in total. The number of nitrogens with one attached hydrogen (secondary N) is 1. The van der Waals surface area contributed by atoms with E-state index in [4.69, 9.17) is 22.6 Å². The Labute approximate surface area is 105 Å². The number of benzene rings is 1. The van der Waals surface area contributed by atoms with E-state index in [9.17, 15) is 4.79 Å². The smallest absolute Gasteiger partial charge is 0.224 e. The SMILES string of the molecule is CC(CN)CC(=O)Nc1ccc(C#N)c(Cl)c1. The minimum absolute atomic E-state index is 0.108. The summed E-state index contributed by atoms with van der Waals surface area (Å²) >= 11 is 5.85. The summed E-state index contributed by atoms with van der Waals surface area (Å²) < 4.78 is 0. The van der Waals surface area contributed by atoms with Gasteiger partial charge in [-0.15, -0.1) is 0 Å². The van der Waals surface area contributed by atoms with E-state index in [1.807, 2.05) is 13.0 Å². The molecular weight excluding hydrogens is 238 g/mol. The fourth-order valence-corrected chi connectivity index (χ4v) is 1.52. The second kappa shape index (κ2) is 6.24. The summed E-state index contributed by atoms with van der Waals surface area (Å²) in [4.78, 5) is 11.6. The highest BCUT2D eigenvalue weighted by Gasteiger charge is 2.08. The van der Waals surface area contributed by atoms with E-state index in [-0.39, 0.29) is 11.8 Å². The first kappa shape index (κ1) is 13.5. The van der Waals surface area contributed by atoms with E-state index in [0.717, 1.165) is 0 Å². The summed E-state index contributed by atoms with van der Waals surface area (Å²) in [6.07, 6.45) is 0.369. The number of carbonyl (C=O) groups excluding carboxylic acids is 1. The average molecular weight is 252 g/mol. The number of hydrogen-bond acceptors (Lipinski definition) is 3. The van der Waals surface area contributed by atoms with Crippen LogP contribution in [0, 0.1) is 17.2 Å². The van der Waals surface area contributed by atoms with Crippen LogP contribution in [0.1, 0.15) is 18.9 Å². The van der Waals surface area contributed by atoms with E-state index in [1.54, 1.807) is 18.2 Å². The van der Waals surface area contributed by atoms with Gasteiger partial charge in [0.25, 0.3) is 0 Å². The van der Waals surface area contributed by atoms with Gasteiger partial charge in [0, 0.05) is 12.1 Å². The van der Waals surface area contributed by atoms with Gasteiger partial charge in [-0.1, -0.05) is 18.5 Å². The fourth-order valence-electron chi connectivity index (χ4n) is 1.30. The van der Waals surface area contributed by atoms with Crippen LogP contribution in [0.25, 0.3) is 0 Å². The normalized spacial score (nSPS) is 11.6. The van der Waals surface area contributed by atoms with Gasteiger partial charge < -0.3 is 11.1 Å². The summed E-state index contributed by atoms with van der Waals surface area (Å²) in [7, 11) is 0. The maximum atomic E-state index is 11.6. The van der Waals surface area contributed by atoms with Gasteiger partial charge in [0.05, 0.1) is 10.6 Å². The van der Waals surface area contributed by atoms with Crippen molar-refractivity contribution in [3.63, 3.8) is 0 Å². The van der Waals surface area contributed by atoms with Crippen LogP contribution in [-0.2, 0) is 4.79 Å². The van der Waals surface area contributed by atoms with Crippen molar-refractivity contribution in [3.8, 4) is 6.07 Å². The highest BCUT2D eigenvalue weighted by atomic mass is 35.5. The molecule has 0 aliphatic rings. The van der Waals surface area contributed by atoms with E-state index in [1.165, 1.54) is 0 Å². The summed E-state index contributed by atoms with van der Waals surface area (Å²) in [5.41, 5.74) is 6.41. The molecule has 1 aromatic carbocycles. The minimum atomic E-state index is -0.108. The van der Waals surface area contributed by atoms with Crippen molar-refractivity contribution in [2.45, 2.75) is 13.3 Å². The minimum Gasteiger partial charge on any atom is -0.330 e. The van der Waals surface area contributed by atoms with Crippen LogP contribution in [-0.4, -0.2) is 12.5 Å². The van der Waals surface area contributed by atoms with Gasteiger partial charge in [0.1, 0.15) is 6.07 Å². The van der Waals surface area contributed by atoms with E-state index >= 15 is 0 Å². The van der Waals surface area contributed by atoms with Gasteiger partial charge in [-0.05, 0) is 30.7 Å². The molecule has 0 spiro atoms. The lowest BCUT2D eigenvalue weighted by Crippen LogP contribution is -2.20. The van der Waals surface area contributed by atoms with Crippen molar-refractivity contribution in [1.82, 2.24) is 0 Å². The summed E-state index contributed by atoms with van der Waals surface area (Å²) in [6, 6.07) is 6.74. The molecule has 1 atom stereocenters. The number of nitrogens with zero attached hydrogens (tertiary/aromatic N) is 1. The van der Waals surface area contributed by atoms with Gasteiger partial charge in [-0.25, -0.2) is 0 Å². The third-order valence-corrected chi connectivity index (χ3v) is 2.62. The topological polar surface area (TPSA) is 78.9 Å². The van der Waals surface area contributed by atoms with E-state index < -0.39 is 0 Å². The molecule has 0 aliphatic heterocycles. The Morgan fingerprint density at radius 3 is 2.88 bits per heavy atom. The number of halogens is 1. The molecule has 1 amide bonds. The quantitative estimate of drug-likeness (QED) is 0.860. The van der Waals surface area contributed by atoms with Gasteiger partial charge in [0.2, 0.25) is 5.91 Å². The molecule has 1 aromatic rings. The molecule has 1 rings (SSSR count). The largest absolute Gasteiger partial charge is 0.330 e. The van der Waals surface area contributed by atoms with Gasteiger partial charge in [-0.3, -0.25) is 4.79 Å². The first-order chi connectivity index (χ1) is 8.06. The molecule has 0 radical (unpaired) electrons. The molecule has 0 bridgehead atoms. The standard InChI is InChI=1S/C12H14ClN3O/c1-8(6-14)4-12(17)16-10-3-2-9(7-15)11(13)5-10/h2-3,5,8H,4,6,14H2,1H3,(H,16,17). The van der Waals surface area contributed by atoms with Crippen LogP contribution in [0.4, 0.5) is 5.69 Å². The van der Waals surface area contributed by atoms with Gasteiger partial charge >= 0.3 is 0 Å². The van der Waals surface area contributed by atoms with Crippen LogP contribution in [0.5, 0.6) is 0 Å². The van der Waals surface area contributed by atoms with Crippen LogP contribution in [0.15, 0.2) is 18.2 Å². The first-order valence-corrected chi connectivity index (χ1v) is 5.64. The van der Waals surface area contributed by atoms with Crippen LogP contribution < -0.4 is 11.1 Å². The van der Waals surface area contributed by atoms with Crippen LogP contribution >= 0.6 is 11.6 Å². The van der Waals surface area contributed by atoms with Gasteiger partial charge in [-0.2, -0.15) is 5.26 Å². The lowest BCUT2D eigenvalue weighted by molar-refractivity contribution is -0.116. The molecule has 17 heavy (non-hydrogen) atoms. The number of hydrogen-bond donors (Lipinski definition) is 2. The van der Waals surface area contributed by atoms with Crippen molar-refractivity contribution in [2.24, 2.45) is 11.7 Å². The van der Waals surface area contributed by atoms with Crippen molar-refractivity contribution < 1.29 is 4.79 Å². The van der Waals surface area contributed by atoms with E-state index in [2.05, 4.69) is 5.32 Å². The number of carbonyl (C=O) groups is 1. The second-order valence-electron chi connectivity index (χ2n) is 3.90. The van der Waals surface area contributed by atoms with Crippen molar-refractivity contribution in [3.05, 3.63) is 28.8 Å². The molecule has 90 valence electrons. The molecule has 3 N–H and O–H groups in total. The predicted octanol–water partition coefficient (Wildman–Crippen LogP) is 2.14. The molecule has 0 fully saturated rings. The Hall–Kier alpha value is -1.57. The van der Waals surface area contributed by atoms with Crippen molar-refractivity contribution in [1.29, 1.82) is 5.26 Å². The van der Waals surface area contributed by atoms with Crippen molar-refractivity contribution in [2.75, 3.05) is 11.9 Å². The summed E-state index contributed by atoms with van der Waals surface area (Å²) in [6.45, 7) is 2.38. The molecule has 0 aromatic heterocycles. The highest BCUT2D eigenvalue weighted by Crippen LogP contribution is 2.20. The molecule has 0 heterocycles. The Bertz CT molecular complexity index is 454. The molecular formula is C12H14ClN3O. The Morgan fingerprint density at radius 1 is 1.65 bits per heavy atom. The third-order valence-electron chi connectivity index (χ3n) is 2.31. The average Bonchev–Trinajstić information content (AvgIpc) is 2.29. The number of nitriles is 1. The fraction of sp³-hybridized carbons (Fsp3) is 0.333. The van der Waals surface area contributed by atoms with Gasteiger partial charge in [0.15, 0.2) is 0 Å². The number of amides is 1. The molecule has 5 heteroatoms. The molecule has 0 aliphatic carbocycles. The summed E-state index contributed by atoms with van der Waals surface area (Å²) in [5.74, 6) is 0.0348. The Morgan fingerprint density at radius 2 is 2.35 bits per heavy atom. The second-order valence-corrected chi connectivity index (χ2v) is 4.31. The number of rotatable bonds is 4. The molecule has 1 unspecified atom stereocenters. The summed E-state index contributed by atoms with van der Waals surface area (Å²) in [5, 5.41) is 11.7. The number of nitrogens with two attached hydrogens (primary N) is 1. The Kier molecular flexibility index (Phi) is 4.95. The lowest BCUT2D eigenvalue weighted by Gasteiger charge is -2.09. The predicted molar refractivity (Wildman–Crippen MR) is 67.6 cm³/mol. The maximum absolute atomic E-state index is 11.6. The third kappa shape index (κ3) is 4.06. The zero-order chi connectivity index (χ0) is 12.8. The molecule has 0 saturated heterocycles. The zero-order valence-corrected chi connectivity index (χ0v) is 10.3. The maximum Gasteiger partial charge on any atom is 0.224 e. The Balaban J connectivity index is 2.67. The molecule has 0 saturated carbocycles. The number of anilines is 1. The van der Waals surface area contributed by atoms with Crippen LogP contribution in [0.2, 0.25) is 5.02 Å². The zero-order valence-electron chi connectivity index (χ0n) is 9.53. The lowest BCUT2D eigenvalue weighted by atomic mass is 10.1. The van der Waals surface area contributed by atoms with Crippen molar-refractivity contribution >= 4 is 23.2 Å².